The lowest BCUT2D eigenvalue weighted by Gasteiger charge is -2.32. The van der Waals surface area contributed by atoms with E-state index in [0.29, 0.717) is 13.1 Å². The van der Waals surface area contributed by atoms with E-state index in [-0.39, 0.29) is 29.0 Å². The Morgan fingerprint density at radius 2 is 2.08 bits per heavy atom. The fourth-order valence-electron chi connectivity index (χ4n) is 3.41. The first kappa shape index (κ1) is 16.7. The average Bonchev–Trinajstić information content (AvgIpc) is 3.13. The van der Waals surface area contributed by atoms with E-state index in [0.717, 1.165) is 22.5 Å². The van der Waals surface area contributed by atoms with Gasteiger partial charge in [-0.15, -0.1) is 0 Å². The molecule has 0 radical (unpaired) electrons. The van der Waals surface area contributed by atoms with Crippen molar-refractivity contribution < 1.29 is 9.90 Å². The van der Waals surface area contributed by atoms with E-state index in [4.69, 9.17) is 11.6 Å². The van der Waals surface area contributed by atoms with Gasteiger partial charge in [-0.3, -0.25) is 4.79 Å². The first-order chi connectivity index (χ1) is 12.6. The average molecular weight is 368 g/mol. The molecule has 6 heteroatoms. The highest BCUT2D eigenvalue weighted by atomic mass is 35.5. The lowest BCUT2D eigenvalue weighted by atomic mass is 9.90. The molecule has 0 aliphatic carbocycles. The molecule has 0 fully saturated rings. The van der Waals surface area contributed by atoms with Gasteiger partial charge < -0.3 is 15.0 Å². The number of imidazole rings is 1. The van der Waals surface area contributed by atoms with Crippen molar-refractivity contribution in [2.75, 3.05) is 6.54 Å². The molecule has 1 unspecified atom stereocenters. The molecule has 2 heterocycles. The quantitative estimate of drug-likeness (QED) is 0.744. The van der Waals surface area contributed by atoms with E-state index in [1.165, 1.54) is 6.07 Å². The Morgan fingerprint density at radius 3 is 2.85 bits per heavy atom. The standard InChI is InChI=1S/C20H18ClN3O2/c21-16-8-13(6-7-18(16)25)9-19(26)24-10-15(14-4-2-1-3-5-14)20-17(11-24)22-12-23-20/h1-8,12,15,25H,9-11H2,(H,22,23). The highest BCUT2D eigenvalue weighted by molar-refractivity contribution is 6.32. The van der Waals surface area contributed by atoms with Crippen LogP contribution in [0.25, 0.3) is 0 Å². The molecule has 26 heavy (non-hydrogen) atoms. The molecule has 1 aliphatic rings. The van der Waals surface area contributed by atoms with Crippen LogP contribution in [-0.2, 0) is 17.8 Å². The predicted molar refractivity (Wildman–Crippen MR) is 99.1 cm³/mol. The Bertz CT molecular complexity index is 939. The molecular formula is C20H18ClN3O2. The maximum atomic E-state index is 12.9. The summed E-state index contributed by atoms with van der Waals surface area (Å²) in [6.07, 6.45) is 1.93. The Balaban J connectivity index is 1.57. The van der Waals surface area contributed by atoms with E-state index in [9.17, 15) is 9.90 Å². The molecule has 0 saturated heterocycles. The van der Waals surface area contributed by atoms with Gasteiger partial charge in [0.2, 0.25) is 5.91 Å². The number of nitrogens with one attached hydrogen (secondary N) is 1. The van der Waals surface area contributed by atoms with Crippen LogP contribution in [-0.4, -0.2) is 32.4 Å². The number of phenols is 1. The number of benzene rings is 2. The first-order valence-corrected chi connectivity index (χ1v) is 8.82. The van der Waals surface area contributed by atoms with Crippen molar-refractivity contribution in [2.45, 2.75) is 18.9 Å². The zero-order chi connectivity index (χ0) is 18.1. The molecule has 1 atom stereocenters. The lowest BCUT2D eigenvalue weighted by Crippen LogP contribution is -2.39. The summed E-state index contributed by atoms with van der Waals surface area (Å²) in [4.78, 5) is 22.3. The maximum absolute atomic E-state index is 12.9. The molecule has 1 amide bonds. The summed E-state index contributed by atoms with van der Waals surface area (Å²) < 4.78 is 0. The van der Waals surface area contributed by atoms with Crippen LogP contribution in [0, 0.1) is 0 Å². The zero-order valence-corrected chi connectivity index (χ0v) is 14.8. The zero-order valence-electron chi connectivity index (χ0n) is 14.0. The number of hydrogen-bond acceptors (Lipinski definition) is 3. The normalized spacial score (nSPS) is 16.3. The van der Waals surface area contributed by atoms with E-state index in [2.05, 4.69) is 22.1 Å². The van der Waals surface area contributed by atoms with Crippen LogP contribution >= 0.6 is 11.6 Å². The third-order valence-corrected chi connectivity index (χ3v) is 5.06. The summed E-state index contributed by atoms with van der Waals surface area (Å²) in [7, 11) is 0. The third-order valence-electron chi connectivity index (χ3n) is 4.76. The molecule has 3 aromatic rings. The number of aromatic nitrogens is 2. The van der Waals surface area contributed by atoms with E-state index >= 15 is 0 Å². The highest BCUT2D eigenvalue weighted by Crippen LogP contribution is 2.32. The molecule has 0 spiro atoms. The Labute approximate surface area is 156 Å². The van der Waals surface area contributed by atoms with Crippen molar-refractivity contribution in [3.63, 3.8) is 0 Å². The summed E-state index contributed by atoms with van der Waals surface area (Å²) in [6, 6.07) is 15.0. The van der Waals surface area contributed by atoms with E-state index < -0.39 is 0 Å². The van der Waals surface area contributed by atoms with Crippen LogP contribution in [0.4, 0.5) is 0 Å². The number of phenolic OH excluding ortho intramolecular Hbond substituents is 1. The fourth-order valence-corrected chi connectivity index (χ4v) is 3.61. The molecule has 2 aromatic carbocycles. The van der Waals surface area contributed by atoms with Crippen LogP contribution in [0.15, 0.2) is 54.9 Å². The van der Waals surface area contributed by atoms with Crippen molar-refractivity contribution in [3.8, 4) is 5.75 Å². The number of fused-ring (bicyclic) bond motifs is 1. The SMILES string of the molecule is O=C(Cc1ccc(O)c(Cl)c1)N1Cc2[nH]cnc2C(c2ccccc2)C1. The maximum Gasteiger partial charge on any atom is 0.227 e. The number of H-pyrrole nitrogens is 1. The topological polar surface area (TPSA) is 69.2 Å². The number of aromatic amines is 1. The van der Waals surface area contributed by atoms with Crippen LogP contribution in [0.5, 0.6) is 5.75 Å². The summed E-state index contributed by atoms with van der Waals surface area (Å²) in [5, 5.41) is 9.79. The number of hydrogen-bond donors (Lipinski definition) is 2. The minimum Gasteiger partial charge on any atom is -0.506 e. The van der Waals surface area contributed by atoms with Crippen molar-refractivity contribution in [1.29, 1.82) is 0 Å². The smallest absolute Gasteiger partial charge is 0.227 e. The molecule has 132 valence electrons. The summed E-state index contributed by atoms with van der Waals surface area (Å²) in [5.41, 5.74) is 3.91. The van der Waals surface area contributed by atoms with Gasteiger partial charge in [0.15, 0.2) is 0 Å². The Hall–Kier alpha value is -2.79. The van der Waals surface area contributed by atoms with E-state index in [1.807, 2.05) is 23.1 Å². The molecule has 4 rings (SSSR count). The second kappa shape index (κ2) is 6.84. The number of nitrogens with zero attached hydrogens (tertiary/aromatic N) is 2. The van der Waals surface area contributed by atoms with Gasteiger partial charge in [0, 0.05) is 12.5 Å². The Morgan fingerprint density at radius 1 is 1.27 bits per heavy atom. The summed E-state index contributed by atoms with van der Waals surface area (Å²) >= 11 is 5.95. The second-order valence-electron chi connectivity index (χ2n) is 6.47. The molecular weight excluding hydrogens is 350 g/mol. The van der Waals surface area contributed by atoms with Gasteiger partial charge in [0.05, 0.1) is 35.7 Å². The summed E-state index contributed by atoms with van der Waals surface area (Å²) in [5.74, 6) is 0.0959. The largest absolute Gasteiger partial charge is 0.506 e. The number of amides is 1. The molecule has 1 aliphatic heterocycles. The molecule has 1 aromatic heterocycles. The Kier molecular flexibility index (Phi) is 4.39. The highest BCUT2D eigenvalue weighted by Gasteiger charge is 2.31. The minimum atomic E-state index is 0.0204. The lowest BCUT2D eigenvalue weighted by molar-refractivity contribution is -0.131. The van der Waals surface area contributed by atoms with Gasteiger partial charge in [-0.1, -0.05) is 48.0 Å². The van der Waals surface area contributed by atoms with E-state index in [1.54, 1.807) is 18.5 Å². The van der Waals surface area contributed by atoms with Crippen molar-refractivity contribution >= 4 is 17.5 Å². The molecule has 0 saturated carbocycles. The summed E-state index contributed by atoms with van der Waals surface area (Å²) in [6.45, 7) is 1.11. The van der Waals surface area contributed by atoms with Crippen LogP contribution in [0.3, 0.4) is 0 Å². The van der Waals surface area contributed by atoms with Crippen molar-refractivity contribution in [1.82, 2.24) is 14.9 Å². The number of carbonyl (C=O) groups excluding carboxylic acids is 1. The second-order valence-corrected chi connectivity index (χ2v) is 6.87. The number of carbonyl (C=O) groups is 1. The van der Waals surface area contributed by atoms with Gasteiger partial charge >= 0.3 is 0 Å². The number of rotatable bonds is 3. The van der Waals surface area contributed by atoms with Crippen LogP contribution < -0.4 is 0 Å². The van der Waals surface area contributed by atoms with Gasteiger partial charge in [-0.2, -0.15) is 0 Å². The number of halogens is 1. The van der Waals surface area contributed by atoms with Crippen molar-refractivity contribution in [3.05, 3.63) is 82.4 Å². The van der Waals surface area contributed by atoms with Crippen LogP contribution in [0.1, 0.15) is 28.4 Å². The molecule has 0 bridgehead atoms. The minimum absolute atomic E-state index is 0.0204. The van der Waals surface area contributed by atoms with Gasteiger partial charge in [-0.05, 0) is 23.3 Å². The molecule has 5 nitrogen and oxygen atoms in total. The van der Waals surface area contributed by atoms with Gasteiger partial charge in [0.25, 0.3) is 0 Å². The van der Waals surface area contributed by atoms with Crippen LogP contribution in [0.2, 0.25) is 5.02 Å². The third kappa shape index (κ3) is 3.18. The van der Waals surface area contributed by atoms with Gasteiger partial charge in [-0.25, -0.2) is 4.98 Å². The van der Waals surface area contributed by atoms with Crippen molar-refractivity contribution in [2.24, 2.45) is 0 Å². The van der Waals surface area contributed by atoms with Gasteiger partial charge in [0.1, 0.15) is 5.75 Å². The number of aromatic hydroxyl groups is 1. The predicted octanol–water partition coefficient (Wildman–Crippen LogP) is 3.49. The monoisotopic (exact) mass is 367 g/mol. The molecule has 2 N–H and O–H groups in total. The first-order valence-electron chi connectivity index (χ1n) is 8.44. The fraction of sp³-hybridized carbons (Fsp3) is 0.200.